The average molecular weight is 274 g/mol. The van der Waals surface area contributed by atoms with E-state index in [1.165, 1.54) is 25.3 Å². The van der Waals surface area contributed by atoms with Crippen LogP contribution in [0.3, 0.4) is 0 Å². The molecule has 0 unspecified atom stereocenters. The predicted molar refractivity (Wildman–Crippen MR) is 71.4 cm³/mol. The molecule has 0 aromatic heterocycles. The Morgan fingerprint density at radius 3 is 2.65 bits per heavy atom. The van der Waals surface area contributed by atoms with Crippen molar-refractivity contribution in [1.29, 1.82) is 5.26 Å². The molecule has 0 amide bonds. The molecule has 102 valence electrons. The van der Waals surface area contributed by atoms with Crippen molar-refractivity contribution < 1.29 is 13.5 Å². The van der Waals surface area contributed by atoms with E-state index in [-0.39, 0.29) is 17.9 Å². The van der Waals surface area contributed by atoms with Crippen molar-refractivity contribution in [3.8, 4) is 11.8 Å². The standard InChI is InChI=1S/C15H12F2N2O/c1-20-15-3-2-13(7-14(15)17)19-9-11-4-10(8-18)5-12(16)6-11/h2-7,19H,9H2,1H3. The summed E-state index contributed by atoms with van der Waals surface area (Å²) < 4.78 is 31.6. The van der Waals surface area contributed by atoms with Crippen LogP contribution in [0.5, 0.6) is 5.75 Å². The van der Waals surface area contributed by atoms with Gasteiger partial charge in [-0.2, -0.15) is 5.26 Å². The van der Waals surface area contributed by atoms with Gasteiger partial charge in [-0.1, -0.05) is 0 Å². The molecule has 0 aliphatic rings. The van der Waals surface area contributed by atoms with Gasteiger partial charge in [-0.25, -0.2) is 8.78 Å². The third-order valence-corrected chi connectivity index (χ3v) is 2.74. The lowest BCUT2D eigenvalue weighted by Crippen LogP contribution is -2.01. The van der Waals surface area contributed by atoms with Gasteiger partial charge >= 0.3 is 0 Å². The van der Waals surface area contributed by atoms with Crippen LogP contribution in [0.25, 0.3) is 0 Å². The first kappa shape index (κ1) is 13.8. The number of methoxy groups -OCH3 is 1. The second-order valence-electron chi connectivity index (χ2n) is 4.16. The van der Waals surface area contributed by atoms with E-state index in [4.69, 9.17) is 10.00 Å². The number of nitrogens with zero attached hydrogens (tertiary/aromatic N) is 1. The topological polar surface area (TPSA) is 45.0 Å². The molecule has 0 radical (unpaired) electrons. The van der Waals surface area contributed by atoms with E-state index in [1.807, 2.05) is 6.07 Å². The lowest BCUT2D eigenvalue weighted by molar-refractivity contribution is 0.386. The maximum Gasteiger partial charge on any atom is 0.167 e. The number of hydrogen-bond acceptors (Lipinski definition) is 3. The van der Waals surface area contributed by atoms with E-state index >= 15 is 0 Å². The van der Waals surface area contributed by atoms with E-state index in [2.05, 4.69) is 5.32 Å². The largest absolute Gasteiger partial charge is 0.494 e. The smallest absolute Gasteiger partial charge is 0.167 e. The Balaban J connectivity index is 2.11. The van der Waals surface area contributed by atoms with Gasteiger partial charge in [0, 0.05) is 18.3 Å². The number of nitriles is 1. The maximum atomic E-state index is 13.5. The van der Waals surface area contributed by atoms with Crippen molar-refractivity contribution >= 4 is 5.69 Å². The Morgan fingerprint density at radius 1 is 1.20 bits per heavy atom. The molecule has 0 atom stereocenters. The maximum absolute atomic E-state index is 13.5. The van der Waals surface area contributed by atoms with Gasteiger partial charge in [-0.05, 0) is 35.9 Å². The number of rotatable bonds is 4. The van der Waals surface area contributed by atoms with E-state index in [0.717, 1.165) is 6.07 Å². The Morgan fingerprint density at radius 2 is 2.00 bits per heavy atom. The summed E-state index contributed by atoms with van der Waals surface area (Å²) in [6, 6.07) is 10.4. The van der Waals surface area contributed by atoms with Gasteiger partial charge < -0.3 is 10.1 Å². The summed E-state index contributed by atoms with van der Waals surface area (Å²) >= 11 is 0. The van der Waals surface area contributed by atoms with Crippen molar-refractivity contribution in [3.05, 3.63) is 59.2 Å². The van der Waals surface area contributed by atoms with E-state index < -0.39 is 11.6 Å². The van der Waals surface area contributed by atoms with Gasteiger partial charge in [0.25, 0.3) is 0 Å². The molecular weight excluding hydrogens is 262 g/mol. The number of ether oxygens (including phenoxy) is 1. The molecule has 0 aliphatic carbocycles. The highest BCUT2D eigenvalue weighted by atomic mass is 19.1. The Bertz CT molecular complexity index is 665. The second kappa shape index (κ2) is 6.02. The van der Waals surface area contributed by atoms with Crippen molar-refractivity contribution in [3.63, 3.8) is 0 Å². The zero-order valence-electron chi connectivity index (χ0n) is 10.8. The summed E-state index contributed by atoms with van der Waals surface area (Å²) in [6.45, 7) is 0.290. The first-order valence-electron chi connectivity index (χ1n) is 5.89. The van der Waals surface area contributed by atoms with E-state index in [1.54, 1.807) is 12.1 Å². The number of nitrogens with one attached hydrogen (secondary N) is 1. The third-order valence-electron chi connectivity index (χ3n) is 2.74. The molecule has 5 heteroatoms. The van der Waals surface area contributed by atoms with Crippen molar-refractivity contribution in [2.45, 2.75) is 6.54 Å². The minimum Gasteiger partial charge on any atom is -0.494 e. The van der Waals surface area contributed by atoms with Gasteiger partial charge in [0.1, 0.15) is 5.82 Å². The first-order chi connectivity index (χ1) is 9.62. The molecule has 3 nitrogen and oxygen atoms in total. The molecule has 0 spiro atoms. The number of hydrogen-bond donors (Lipinski definition) is 1. The number of benzene rings is 2. The van der Waals surface area contributed by atoms with Gasteiger partial charge in [-0.15, -0.1) is 0 Å². The minimum atomic E-state index is -0.477. The molecule has 0 fully saturated rings. The van der Waals surface area contributed by atoms with Gasteiger partial charge in [0.05, 0.1) is 18.7 Å². The van der Waals surface area contributed by atoms with Crippen LogP contribution in [-0.4, -0.2) is 7.11 Å². The lowest BCUT2D eigenvalue weighted by atomic mass is 10.1. The van der Waals surface area contributed by atoms with Crippen molar-refractivity contribution in [2.75, 3.05) is 12.4 Å². The zero-order valence-corrected chi connectivity index (χ0v) is 10.8. The van der Waals surface area contributed by atoms with Crippen LogP contribution >= 0.6 is 0 Å². The summed E-state index contributed by atoms with van der Waals surface area (Å²) in [5.41, 5.74) is 1.41. The van der Waals surface area contributed by atoms with Crippen LogP contribution in [0.1, 0.15) is 11.1 Å². The molecular formula is C15H12F2N2O. The van der Waals surface area contributed by atoms with E-state index in [0.29, 0.717) is 11.3 Å². The molecule has 2 aromatic carbocycles. The fourth-order valence-corrected chi connectivity index (χ4v) is 1.80. The first-order valence-corrected chi connectivity index (χ1v) is 5.89. The fraction of sp³-hybridized carbons (Fsp3) is 0.133. The molecule has 0 heterocycles. The average Bonchev–Trinajstić information content (AvgIpc) is 2.44. The molecule has 1 N–H and O–H groups in total. The molecule has 2 aromatic rings. The predicted octanol–water partition coefficient (Wildman–Crippen LogP) is 3.46. The van der Waals surface area contributed by atoms with Crippen molar-refractivity contribution in [2.24, 2.45) is 0 Å². The molecule has 0 aliphatic heterocycles. The van der Waals surface area contributed by atoms with Gasteiger partial charge in [-0.3, -0.25) is 0 Å². The highest BCUT2D eigenvalue weighted by molar-refractivity contribution is 5.48. The van der Waals surface area contributed by atoms with Gasteiger partial charge in [0.2, 0.25) is 0 Å². The van der Waals surface area contributed by atoms with Crippen LogP contribution in [0, 0.1) is 23.0 Å². The molecule has 2 rings (SSSR count). The van der Waals surface area contributed by atoms with Crippen LogP contribution in [0.2, 0.25) is 0 Å². The monoisotopic (exact) mass is 274 g/mol. The highest BCUT2D eigenvalue weighted by Crippen LogP contribution is 2.21. The Kier molecular flexibility index (Phi) is 4.16. The third kappa shape index (κ3) is 3.23. The van der Waals surface area contributed by atoms with Crippen LogP contribution in [-0.2, 0) is 6.54 Å². The highest BCUT2D eigenvalue weighted by Gasteiger charge is 2.04. The fourth-order valence-electron chi connectivity index (χ4n) is 1.80. The summed E-state index contributed by atoms with van der Waals surface area (Å²) in [4.78, 5) is 0. The zero-order chi connectivity index (χ0) is 14.5. The van der Waals surface area contributed by atoms with Crippen molar-refractivity contribution in [1.82, 2.24) is 0 Å². The quantitative estimate of drug-likeness (QED) is 0.928. The Labute approximate surface area is 115 Å². The second-order valence-corrected chi connectivity index (χ2v) is 4.16. The molecule has 20 heavy (non-hydrogen) atoms. The molecule has 0 saturated carbocycles. The number of halogens is 2. The normalized spacial score (nSPS) is 9.90. The van der Waals surface area contributed by atoms with Crippen LogP contribution < -0.4 is 10.1 Å². The Hall–Kier alpha value is -2.61. The van der Waals surface area contributed by atoms with E-state index in [9.17, 15) is 8.78 Å². The van der Waals surface area contributed by atoms with Crippen LogP contribution in [0.4, 0.5) is 14.5 Å². The van der Waals surface area contributed by atoms with Gasteiger partial charge in [0.15, 0.2) is 11.6 Å². The minimum absolute atomic E-state index is 0.160. The summed E-state index contributed by atoms with van der Waals surface area (Å²) in [5.74, 6) is -0.788. The summed E-state index contributed by atoms with van der Waals surface area (Å²) in [7, 11) is 1.39. The summed E-state index contributed by atoms with van der Waals surface area (Å²) in [6.07, 6.45) is 0. The van der Waals surface area contributed by atoms with Crippen LogP contribution in [0.15, 0.2) is 36.4 Å². The lowest BCUT2D eigenvalue weighted by Gasteiger charge is -2.09. The number of anilines is 1. The summed E-state index contributed by atoms with van der Waals surface area (Å²) in [5, 5.41) is 11.7. The molecule has 0 saturated heterocycles. The molecule has 0 bridgehead atoms. The SMILES string of the molecule is COc1ccc(NCc2cc(F)cc(C#N)c2)cc1F.